The van der Waals surface area contributed by atoms with Crippen LogP contribution in [0.25, 0.3) is 0 Å². The molecule has 9 nitrogen and oxygen atoms in total. The van der Waals surface area contributed by atoms with Crippen molar-refractivity contribution in [1.29, 1.82) is 0 Å². The maximum absolute atomic E-state index is 13.4. The van der Waals surface area contributed by atoms with Gasteiger partial charge in [0, 0.05) is 25.0 Å². The van der Waals surface area contributed by atoms with Gasteiger partial charge in [0.15, 0.2) is 0 Å². The molecule has 10 heteroatoms. The molecule has 0 spiro atoms. The molecule has 0 bridgehead atoms. The summed E-state index contributed by atoms with van der Waals surface area (Å²) < 4.78 is 41.0. The van der Waals surface area contributed by atoms with E-state index in [0.29, 0.717) is 38.2 Å². The number of aromatic nitrogens is 1. The summed E-state index contributed by atoms with van der Waals surface area (Å²) >= 11 is 0. The molecule has 1 aliphatic heterocycles. The van der Waals surface area contributed by atoms with Gasteiger partial charge < -0.3 is 14.6 Å². The lowest BCUT2D eigenvalue weighted by atomic mass is 9.99. The third-order valence-corrected chi connectivity index (χ3v) is 8.28. The summed E-state index contributed by atoms with van der Waals surface area (Å²) in [6.07, 6.45) is 7.53. The first kappa shape index (κ1) is 22.2. The number of benzene rings is 1. The molecule has 2 aromatic rings. The van der Waals surface area contributed by atoms with Crippen molar-refractivity contribution in [3.05, 3.63) is 40.1 Å². The molecule has 1 fully saturated rings. The number of aryl methyl sites for hydroxylation is 3. The molecule has 1 aromatic carbocycles. The Bertz CT molecular complexity index is 1120. The highest BCUT2D eigenvalue weighted by Crippen LogP contribution is 2.38. The number of carbonyl (C=O) groups excluding carboxylic acids is 1. The second kappa shape index (κ2) is 8.98. The van der Waals surface area contributed by atoms with Crippen molar-refractivity contribution in [2.75, 3.05) is 22.8 Å². The van der Waals surface area contributed by atoms with Crippen LogP contribution >= 0.6 is 0 Å². The average molecular weight is 475 g/mol. The van der Waals surface area contributed by atoms with Crippen LogP contribution in [0, 0.1) is 0 Å². The highest BCUT2D eigenvalue weighted by molar-refractivity contribution is 7.91. The number of anilines is 2. The molecule has 2 aliphatic carbocycles. The van der Waals surface area contributed by atoms with Crippen molar-refractivity contribution in [2.45, 2.75) is 70.8 Å². The maximum atomic E-state index is 13.4. The zero-order chi connectivity index (χ0) is 23.0. The van der Waals surface area contributed by atoms with Gasteiger partial charge in [-0.3, -0.25) is 0 Å². The van der Waals surface area contributed by atoms with E-state index in [9.17, 15) is 13.2 Å². The lowest BCUT2D eigenvalue weighted by Crippen LogP contribution is -2.51. The molecule has 1 aromatic heterocycles. The standard InChI is InChI=1S/C23H30N4O5S/c1-2-17-14-21(32-25-17)27(18-9-11-31-12-10-18)33(29,30)26-23(28)24-22-19-7-3-5-15(19)13-16-6-4-8-20(16)22/h13-14,18H,2-12H2,1H3,(H2,24,26,28). The second-order valence-corrected chi connectivity index (χ2v) is 10.5. The molecule has 2 amide bonds. The highest BCUT2D eigenvalue weighted by Gasteiger charge is 2.36. The molecule has 5 rings (SSSR count). The summed E-state index contributed by atoms with van der Waals surface area (Å²) in [6, 6.07) is 2.75. The molecule has 3 aliphatic rings. The van der Waals surface area contributed by atoms with E-state index >= 15 is 0 Å². The van der Waals surface area contributed by atoms with E-state index in [0.717, 1.165) is 59.6 Å². The lowest BCUT2D eigenvalue weighted by Gasteiger charge is -2.32. The number of hydrogen-bond donors (Lipinski definition) is 2. The summed E-state index contributed by atoms with van der Waals surface area (Å²) in [7, 11) is -4.24. The van der Waals surface area contributed by atoms with Gasteiger partial charge in [0.25, 0.3) is 0 Å². The van der Waals surface area contributed by atoms with Gasteiger partial charge in [0.05, 0.1) is 11.7 Å². The monoisotopic (exact) mass is 474 g/mol. The summed E-state index contributed by atoms with van der Waals surface area (Å²) in [5.74, 6) is 0.112. The van der Waals surface area contributed by atoms with Gasteiger partial charge in [-0.15, -0.1) is 0 Å². The zero-order valence-electron chi connectivity index (χ0n) is 18.9. The largest absolute Gasteiger partial charge is 0.381 e. The zero-order valence-corrected chi connectivity index (χ0v) is 19.7. The summed E-state index contributed by atoms with van der Waals surface area (Å²) in [5, 5.41) is 6.85. The highest BCUT2D eigenvalue weighted by atomic mass is 32.2. The second-order valence-electron chi connectivity index (χ2n) is 8.94. The van der Waals surface area contributed by atoms with E-state index in [1.165, 1.54) is 11.1 Å². The van der Waals surface area contributed by atoms with Crippen molar-refractivity contribution in [3.63, 3.8) is 0 Å². The number of nitrogens with zero attached hydrogens (tertiary/aromatic N) is 2. The quantitative estimate of drug-likeness (QED) is 0.664. The van der Waals surface area contributed by atoms with Crippen molar-refractivity contribution >= 4 is 27.8 Å². The Morgan fingerprint density at radius 1 is 1.09 bits per heavy atom. The maximum Gasteiger partial charge on any atom is 0.334 e. The van der Waals surface area contributed by atoms with E-state index in [4.69, 9.17) is 9.26 Å². The Balaban J connectivity index is 1.41. The predicted molar refractivity (Wildman–Crippen MR) is 124 cm³/mol. The van der Waals surface area contributed by atoms with Crippen LogP contribution in [-0.4, -0.2) is 38.9 Å². The number of urea groups is 1. The number of fused-ring (bicyclic) bond motifs is 2. The first-order valence-corrected chi connectivity index (χ1v) is 13.2. The van der Waals surface area contributed by atoms with E-state index in [1.807, 2.05) is 6.92 Å². The van der Waals surface area contributed by atoms with Crippen LogP contribution in [0.1, 0.15) is 60.6 Å². The Labute approximate surface area is 194 Å². The Hall–Kier alpha value is -2.59. The van der Waals surface area contributed by atoms with E-state index in [1.54, 1.807) is 6.07 Å². The van der Waals surface area contributed by atoms with Crippen molar-refractivity contribution in [2.24, 2.45) is 0 Å². The first-order chi connectivity index (χ1) is 16.0. The van der Waals surface area contributed by atoms with Gasteiger partial charge in [-0.2, -0.15) is 8.42 Å². The molecule has 178 valence electrons. The number of carbonyl (C=O) groups is 1. The van der Waals surface area contributed by atoms with E-state index in [2.05, 4.69) is 21.3 Å². The normalized spacial score (nSPS) is 18.1. The fourth-order valence-corrected chi connectivity index (χ4v) is 6.57. The summed E-state index contributed by atoms with van der Waals surface area (Å²) in [5.41, 5.74) is 6.28. The van der Waals surface area contributed by atoms with Crippen LogP contribution in [0.3, 0.4) is 0 Å². The third-order valence-electron chi connectivity index (χ3n) is 6.84. The summed E-state index contributed by atoms with van der Waals surface area (Å²) in [6.45, 7) is 2.80. The van der Waals surface area contributed by atoms with Crippen LogP contribution in [0.15, 0.2) is 16.7 Å². The molecular formula is C23H30N4O5S. The van der Waals surface area contributed by atoms with Gasteiger partial charge in [0.1, 0.15) is 0 Å². The van der Waals surface area contributed by atoms with E-state index < -0.39 is 16.2 Å². The van der Waals surface area contributed by atoms with Crippen molar-refractivity contribution in [3.8, 4) is 0 Å². The molecule has 1 saturated heterocycles. The molecule has 0 saturated carbocycles. The third kappa shape index (κ3) is 4.33. The molecule has 2 N–H and O–H groups in total. The fourth-order valence-electron chi connectivity index (χ4n) is 5.26. The number of ether oxygens (including phenoxy) is 1. The minimum Gasteiger partial charge on any atom is -0.381 e. The van der Waals surface area contributed by atoms with E-state index in [-0.39, 0.29) is 11.9 Å². The number of rotatable bonds is 6. The molecule has 0 radical (unpaired) electrons. The topological polar surface area (TPSA) is 114 Å². The minimum atomic E-state index is -4.24. The Morgan fingerprint density at radius 3 is 2.36 bits per heavy atom. The predicted octanol–water partition coefficient (Wildman–Crippen LogP) is 3.27. The Kier molecular flexibility index (Phi) is 6.05. The van der Waals surface area contributed by atoms with Crippen LogP contribution in [0.4, 0.5) is 16.4 Å². The lowest BCUT2D eigenvalue weighted by molar-refractivity contribution is 0.0867. The molecule has 2 heterocycles. The van der Waals surface area contributed by atoms with Crippen molar-refractivity contribution in [1.82, 2.24) is 9.88 Å². The fraction of sp³-hybridized carbons (Fsp3) is 0.565. The van der Waals surface area contributed by atoms with Gasteiger partial charge in [-0.1, -0.05) is 18.1 Å². The number of hydrogen-bond acceptors (Lipinski definition) is 6. The average Bonchev–Trinajstić information content (AvgIpc) is 3.54. The van der Waals surface area contributed by atoms with Crippen LogP contribution in [0.2, 0.25) is 0 Å². The SMILES string of the molecule is CCc1cc(N(C2CCOCC2)S(=O)(=O)NC(=O)Nc2c3c(cc4c2CCC4)CCC3)on1. The van der Waals surface area contributed by atoms with Crippen LogP contribution < -0.4 is 14.3 Å². The number of amides is 2. The molecular weight excluding hydrogens is 444 g/mol. The summed E-state index contributed by atoms with van der Waals surface area (Å²) in [4.78, 5) is 13.0. The van der Waals surface area contributed by atoms with Gasteiger partial charge in [0.2, 0.25) is 5.88 Å². The smallest absolute Gasteiger partial charge is 0.334 e. The first-order valence-electron chi connectivity index (χ1n) is 11.8. The van der Waals surface area contributed by atoms with Crippen LogP contribution in [-0.2, 0) is 47.1 Å². The van der Waals surface area contributed by atoms with Crippen LogP contribution in [0.5, 0.6) is 0 Å². The Morgan fingerprint density at radius 2 is 1.76 bits per heavy atom. The molecule has 0 unspecified atom stereocenters. The van der Waals surface area contributed by atoms with Crippen molar-refractivity contribution < 1.29 is 22.5 Å². The minimum absolute atomic E-state index is 0.112. The van der Waals surface area contributed by atoms with Gasteiger partial charge in [-0.05, 0) is 80.0 Å². The molecule has 33 heavy (non-hydrogen) atoms. The van der Waals surface area contributed by atoms with Gasteiger partial charge in [-0.25, -0.2) is 13.8 Å². The molecule has 0 atom stereocenters. The number of nitrogens with one attached hydrogen (secondary N) is 2. The van der Waals surface area contributed by atoms with Gasteiger partial charge >= 0.3 is 16.2 Å².